The van der Waals surface area contributed by atoms with Crippen molar-refractivity contribution in [1.29, 1.82) is 5.26 Å². The lowest BCUT2D eigenvalue weighted by Crippen LogP contribution is -2.12. The Balaban J connectivity index is 1.61. The van der Waals surface area contributed by atoms with E-state index in [1.54, 1.807) is 30.3 Å². The molecule has 0 bridgehead atoms. The van der Waals surface area contributed by atoms with Crippen molar-refractivity contribution in [2.45, 2.75) is 10.1 Å². The van der Waals surface area contributed by atoms with E-state index in [0.717, 1.165) is 9.90 Å². The zero-order valence-corrected chi connectivity index (χ0v) is 16.2. The highest BCUT2D eigenvalue weighted by atomic mass is 35.5. The van der Waals surface area contributed by atoms with Crippen molar-refractivity contribution in [2.24, 2.45) is 0 Å². The molecule has 0 radical (unpaired) electrons. The Morgan fingerprint density at radius 3 is 2.69 bits per heavy atom. The van der Waals surface area contributed by atoms with E-state index in [2.05, 4.69) is 21.6 Å². The van der Waals surface area contributed by atoms with Crippen molar-refractivity contribution in [1.82, 2.24) is 10.2 Å². The number of rotatable bonds is 5. The van der Waals surface area contributed by atoms with Gasteiger partial charge in [0.15, 0.2) is 4.34 Å². The summed E-state index contributed by atoms with van der Waals surface area (Å²) < 4.78 is 0.724. The number of carbonyl (C=O) groups is 1. The maximum absolute atomic E-state index is 12.3. The van der Waals surface area contributed by atoms with Crippen molar-refractivity contribution in [3.05, 3.63) is 69.2 Å². The molecular formula is C17H10Cl2N4OS2. The molecule has 130 valence electrons. The van der Waals surface area contributed by atoms with Gasteiger partial charge in [0.1, 0.15) is 0 Å². The number of hydrogen-bond acceptors (Lipinski definition) is 6. The molecule has 0 aliphatic rings. The third-order valence-electron chi connectivity index (χ3n) is 3.27. The molecule has 0 fully saturated rings. The van der Waals surface area contributed by atoms with Crippen LogP contribution in [0.15, 0.2) is 46.8 Å². The van der Waals surface area contributed by atoms with Gasteiger partial charge in [0.2, 0.25) is 5.13 Å². The Hall–Kier alpha value is -2.11. The van der Waals surface area contributed by atoms with Gasteiger partial charge in [0, 0.05) is 5.75 Å². The van der Waals surface area contributed by atoms with E-state index >= 15 is 0 Å². The number of halogens is 2. The minimum atomic E-state index is -0.391. The molecule has 5 nitrogen and oxygen atoms in total. The highest BCUT2D eigenvalue weighted by Gasteiger charge is 2.15. The smallest absolute Gasteiger partial charge is 0.259 e. The molecule has 1 N–H and O–H groups in total. The number of aromatic nitrogens is 2. The van der Waals surface area contributed by atoms with Gasteiger partial charge >= 0.3 is 0 Å². The molecule has 0 atom stereocenters. The summed E-state index contributed by atoms with van der Waals surface area (Å²) in [6.07, 6.45) is 0. The number of amides is 1. The summed E-state index contributed by atoms with van der Waals surface area (Å²) in [5.74, 6) is 0.298. The van der Waals surface area contributed by atoms with E-state index in [1.165, 1.54) is 23.1 Å². The molecule has 9 heteroatoms. The highest BCUT2D eigenvalue weighted by Crippen LogP contribution is 2.30. The summed E-state index contributed by atoms with van der Waals surface area (Å²) in [6.45, 7) is 0. The number of carbonyl (C=O) groups excluding carboxylic acids is 1. The molecule has 3 rings (SSSR count). The van der Waals surface area contributed by atoms with Crippen LogP contribution in [0.1, 0.15) is 21.5 Å². The van der Waals surface area contributed by atoms with Gasteiger partial charge in [-0.05, 0) is 29.8 Å². The number of thioether (sulfide) groups is 1. The molecule has 1 amide bonds. The van der Waals surface area contributed by atoms with Gasteiger partial charge in [-0.1, -0.05) is 64.5 Å². The lowest BCUT2D eigenvalue weighted by atomic mass is 10.2. The molecule has 1 heterocycles. The normalized spacial score (nSPS) is 10.3. The third kappa shape index (κ3) is 4.54. The van der Waals surface area contributed by atoms with Crippen LogP contribution in [0.2, 0.25) is 10.0 Å². The Morgan fingerprint density at radius 2 is 1.96 bits per heavy atom. The number of benzene rings is 2. The van der Waals surface area contributed by atoms with E-state index in [0.29, 0.717) is 21.5 Å². The fraction of sp³-hybridized carbons (Fsp3) is 0.0588. The van der Waals surface area contributed by atoms with E-state index < -0.39 is 5.91 Å². The van der Waals surface area contributed by atoms with Crippen LogP contribution in [-0.2, 0) is 5.75 Å². The summed E-state index contributed by atoms with van der Waals surface area (Å²) in [7, 11) is 0. The predicted octanol–water partition coefficient (Wildman–Crippen LogP) is 5.26. The Morgan fingerprint density at radius 1 is 1.19 bits per heavy atom. The zero-order chi connectivity index (χ0) is 18.5. The lowest BCUT2D eigenvalue weighted by molar-refractivity contribution is 0.102. The Kier molecular flexibility index (Phi) is 6.12. The molecule has 26 heavy (non-hydrogen) atoms. The van der Waals surface area contributed by atoms with Crippen LogP contribution in [0.25, 0.3) is 0 Å². The van der Waals surface area contributed by atoms with Gasteiger partial charge in [-0.3, -0.25) is 10.1 Å². The van der Waals surface area contributed by atoms with Gasteiger partial charge in [0.05, 0.1) is 27.2 Å². The first-order chi connectivity index (χ1) is 12.6. The van der Waals surface area contributed by atoms with Crippen molar-refractivity contribution in [3.63, 3.8) is 0 Å². The van der Waals surface area contributed by atoms with Crippen molar-refractivity contribution in [3.8, 4) is 6.07 Å². The van der Waals surface area contributed by atoms with Crippen LogP contribution in [0.3, 0.4) is 0 Å². The second-order valence-electron chi connectivity index (χ2n) is 5.03. The lowest BCUT2D eigenvalue weighted by Gasteiger charge is -2.04. The highest BCUT2D eigenvalue weighted by molar-refractivity contribution is 8.00. The summed E-state index contributed by atoms with van der Waals surface area (Å²) >= 11 is 14.7. The fourth-order valence-electron chi connectivity index (χ4n) is 1.98. The van der Waals surface area contributed by atoms with E-state index in [4.69, 9.17) is 28.5 Å². The predicted molar refractivity (Wildman–Crippen MR) is 105 cm³/mol. The van der Waals surface area contributed by atoms with Crippen LogP contribution in [0.5, 0.6) is 0 Å². The monoisotopic (exact) mass is 420 g/mol. The molecule has 3 aromatic rings. The molecule has 2 aromatic carbocycles. The Bertz CT molecular complexity index is 983. The topological polar surface area (TPSA) is 78.7 Å². The average Bonchev–Trinajstić information content (AvgIpc) is 3.10. The van der Waals surface area contributed by atoms with E-state index in [-0.39, 0.29) is 10.6 Å². The van der Waals surface area contributed by atoms with Crippen molar-refractivity contribution < 1.29 is 4.79 Å². The van der Waals surface area contributed by atoms with Crippen LogP contribution >= 0.6 is 46.3 Å². The molecular weight excluding hydrogens is 411 g/mol. The van der Waals surface area contributed by atoms with Crippen LogP contribution in [0, 0.1) is 11.3 Å². The first-order valence-corrected chi connectivity index (χ1v) is 9.83. The summed E-state index contributed by atoms with van der Waals surface area (Å²) in [5.41, 5.74) is 1.97. The molecule has 1 aromatic heterocycles. The van der Waals surface area contributed by atoms with Gasteiger partial charge in [-0.25, -0.2) is 0 Å². The minimum absolute atomic E-state index is 0.201. The van der Waals surface area contributed by atoms with E-state index in [1.807, 2.05) is 12.1 Å². The summed E-state index contributed by atoms with van der Waals surface area (Å²) in [6, 6.07) is 14.3. The first kappa shape index (κ1) is 18.7. The molecule has 0 saturated carbocycles. The summed E-state index contributed by atoms with van der Waals surface area (Å²) in [4.78, 5) is 12.3. The van der Waals surface area contributed by atoms with Gasteiger partial charge in [-0.15, -0.1) is 10.2 Å². The standard InChI is InChI=1S/C17H10Cl2N4OS2/c18-13-3-1-2-12(14(13)19)15(24)21-16-22-23-17(26-16)25-9-11-6-4-10(8-20)5-7-11/h1-7H,9H2,(H,21,22,24). The molecule has 0 saturated heterocycles. The molecule has 0 unspecified atom stereocenters. The third-order valence-corrected chi connectivity index (χ3v) is 6.13. The minimum Gasteiger partial charge on any atom is -0.296 e. The average molecular weight is 421 g/mol. The molecule has 0 aliphatic heterocycles. The van der Waals surface area contributed by atoms with Gasteiger partial charge in [-0.2, -0.15) is 5.26 Å². The first-order valence-electron chi connectivity index (χ1n) is 7.27. The number of anilines is 1. The fourth-order valence-corrected chi connectivity index (χ4v) is 4.07. The van der Waals surface area contributed by atoms with Crippen molar-refractivity contribution in [2.75, 3.05) is 5.32 Å². The SMILES string of the molecule is N#Cc1ccc(CSc2nnc(NC(=O)c3cccc(Cl)c3Cl)s2)cc1. The number of nitrogens with one attached hydrogen (secondary N) is 1. The Labute approximate surface area is 168 Å². The van der Waals surface area contributed by atoms with Crippen LogP contribution in [0.4, 0.5) is 5.13 Å². The largest absolute Gasteiger partial charge is 0.296 e. The number of hydrogen-bond donors (Lipinski definition) is 1. The molecule has 0 spiro atoms. The van der Waals surface area contributed by atoms with Gasteiger partial charge < -0.3 is 0 Å². The quantitative estimate of drug-likeness (QED) is 0.449. The van der Waals surface area contributed by atoms with E-state index in [9.17, 15) is 4.79 Å². The maximum Gasteiger partial charge on any atom is 0.259 e. The summed E-state index contributed by atoms with van der Waals surface area (Å²) in [5, 5.41) is 20.4. The number of nitriles is 1. The second-order valence-corrected chi connectivity index (χ2v) is 8.01. The maximum atomic E-state index is 12.3. The van der Waals surface area contributed by atoms with Crippen molar-refractivity contribution >= 4 is 57.3 Å². The molecule has 0 aliphatic carbocycles. The zero-order valence-electron chi connectivity index (χ0n) is 13.1. The van der Waals surface area contributed by atoms with Crippen LogP contribution in [-0.4, -0.2) is 16.1 Å². The van der Waals surface area contributed by atoms with Crippen LogP contribution < -0.4 is 5.32 Å². The second kappa shape index (κ2) is 8.52. The van der Waals surface area contributed by atoms with Gasteiger partial charge in [0.25, 0.3) is 5.91 Å². The number of nitrogens with zero attached hydrogens (tertiary/aromatic N) is 3.